The van der Waals surface area contributed by atoms with Crippen molar-refractivity contribution < 1.29 is 4.79 Å². The minimum Gasteiger partial charge on any atom is -0.345 e. The average molecular weight is 370 g/mol. The number of rotatable bonds is 6. The van der Waals surface area contributed by atoms with Gasteiger partial charge in [-0.25, -0.2) is 0 Å². The maximum Gasteiger partial charge on any atom is 0.220 e. The summed E-state index contributed by atoms with van der Waals surface area (Å²) in [7, 11) is 0. The Balaban J connectivity index is 1.44. The third kappa shape index (κ3) is 4.33. The fourth-order valence-electron chi connectivity index (χ4n) is 4.34. The predicted molar refractivity (Wildman–Crippen MR) is 114 cm³/mol. The van der Waals surface area contributed by atoms with Crippen LogP contribution in [0.4, 0.5) is 0 Å². The molecular weight excluding hydrogens is 342 g/mol. The predicted octanol–water partition coefficient (Wildman–Crippen LogP) is 5.79. The first-order valence-corrected chi connectivity index (χ1v) is 10.3. The molecule has 3 aromatic rings. The molecule has 4 rings (SSSR count). The van der Waals surface area contributed by atoms with E-state index in [1.165, 1.54) is 30.4 Å². The van der Waals surface area contributed by atoms with E-state index in [0.717, 1.165) is 17.5 Å². The first-order valence-electron chi connectivity index (χ1n) is 10.3. The first-order chi connectivity index (χ1) is 13.8. The van der Waals surface area contributed by atoms with Crippen molar-refractivity contribution in [3.05, 3.63) is 107 Å². The van der Waals surface area contributed by atoms with Crippen molar-refractivity contribution in [2.24, 2.45) is 0 Å². The van der Waals surface area contributed by atoms with Gasteiger partial charge in [-0.3, -0.25) is 4.79 Å². The van der Waals surface area contributed by atoms with Gasteiger partial charge in [-0.2, -0.15) is 0 Å². The molecule has 1 aliphatic rings. The van der Waals surface area contributed by atoms with Crippen molar-refractivity contribution in [2.75, 3.05) is 0 Å². The van der Waals surface area contributed by atoms with E-state index in [1.54, 1.807) is 0 Å². The summed E-state index contributed by atoms with van der Waals surface area (Å²) < 4.78 is 0. The van der Waals surface area contributed by atoms with Gasteiger partial charge in [-0.1, -0.05) is 84.9 Å². The highest BCUT2D eigenvalue weighted by atomic mass is 16.1. The lowest BCUT2D eigenvalue weighted by molar-refractivity contribution is -0.121. The molecule has 0 aromatic heterocycles. The van der Waals surface area contributed by atoms with E-state index < -0.39 is 0 Å². The lowest BCUT2D eigenvalue weighted by Crippen LogP contribution is -2.29. The molecule has 1 aliphatic carbocycles. The van der Waals surface area contributed by atoms with Gasteiger partial charge in [0, 0.05) is 6.42 Å². The van der Waals surface area contributed by atoms with Crippen LogP contribution >= 0.6 is 0 Å². The van der Waals surface area contributed by atoms with E-state index in [4.69, 9.17) is 0 Å². The molecule has 0 aliphatic heterocycles. The zero-order valence-electron chi connectivity index (χ0n) is 16.2. The third-order valence-electron chi connectivity index (χ3n) is 5.78. The maximum atomic E-state index is 12.8. The molecule has 1 unspecified atom stereocenters. The zero-order chi connectivity index (χ0) is 19.2. The summed E-state index contributed by atoms with van der Waals surface area (Å²) in [6.07, 6.45) is 5.06. The fourth-order valence-corrected chi connectivity index (χ4v) is 4.34. The smallest absolute Gasteiger partial charge is 0.220 e. The summed E-state index contributed by atoms with van der Waals surface area (Å²) in [4.78, 5) is 12.8. The summed E-state index contributed by atoms with van der Waals surface area (Å²) in [6, 6.07) is 29.1. The van der Waals surface area contributed by atoms with Crippen LogP contribution in [0.1, 0.15) is 59.9 Å². The number of amides is 1. The molecule has 1 atom stereocenters. The summed E-state index contributed by atoms with van der Waals surface area (Å²) in [6.45, 7) is 0. The average Bonchev–Trinajstić information content (AvgIpc) is 2.77. The van der Waals surface area contributed by atoms with Crippen LogP contribution < -0.4 is 5.32 Å². The molecule has 0 saturated heterocycles. The Morgan fingerprint density at radius 3 is 2.14 bits per heavy atom. The lowest BCUT2D eigenvalue weighted by Gasteiger charge is -2.26. The van der Waals surface area contributed by atoms with Crippen LogP contribution in [0.25, 0.3) is 0 Å². The second-order valence-corrected chi connectivity index (χ2v) is 7.65. The summed E-state index contributed by atoms with van der Waals surface area (Å²) in [5.41, 5.74) is 5.14. The zero-order valence-corrected chi connectivity index (χ0v) is 16.2. The molecule has 0 spiro atoms. The van der Waals surface area contributed by atoms with E-state index in [-0.39, 0.29) is 11.9 Å². The summed E-state index contributed by atoms with van der Waals surface area (Å²) in [5, 5.41) is 3.27. The largest absolute Gasteiger partial charge is 0.345 e. The molecular formula is C26H27NO. The number of hydrogen-bond acceptors (Lipinski definition) is 1. The molecule has 0 saturated carbocycles. The normalized spacial score (nSPS) is 15.8. The second-order valence-electron chi connectivity index (χ2n) is 7.65. The van der Waals surface area contributed by atoms with Gasteiger partial charge in [0.1, 0.15) is 0 Å². The molecule has 1 N–H and O–H groups in total. The highest BCUT2D eigenvalue weighted by Gasteiger charge is 2.22. The van der Waals surface area contributed by atoms with Crippen molar-refractivity contribution in [2.45, 2.75) is 44.1 Å². The van der Waals surface area contributed by atoms with Gasteiger partial charge < -0.3 is 5.32 Å². The number of nitrogens with one attached hydrogen (secondary N) is 1. The fraction of sp³-hybridized carbons (Fsp3) is 0.269. The number of carbonyl (C=O) groups excluding carboxylic acids is 1. The Bertz CT molecular complexity index is 864. The van der Waals surface area contributed by atoms with Crippen LogP contribution in [0.2, 0.25) is 0 Å². The SMILES string of the molecule is O=C(CCC1CCCc2ccccc21)NC(c1ccccc1)c1ccccc1. The second kappa shape index (κ2) is 8.88. The van der Waals surface area contributed by atoms with E-state index in [9.17, 15) is 4.79 Å². The minimum atomic E-state index is -0.103. The van der Waals surface area contributed by atoms with Crippen molar-refractivity contribution in [1.29, 1.82) is 0 Å². The van der Waals surface area contributed by atoms with E-state index in [1.807, 2.05) is 36.4 Å². The van der Waals surface area contributed by atoms with Gasteiger partial charge in [-0.05, 0) is 53.9 Å². The molecule has 0 heterocycles. The Morgan fingerprint density at radius 2 is 1.46 bits per heavy atom. The number of benzene rings is 3. The summed E-state index contributed by atoms with van der Waals surface area (Å²) >= 11 is 0. The Morgan fingerprint density at radius 1 is 0.857 bits per heavy atom. The van der Waals surface area contributed by atoms with Crippen LogP contribution in [0.5, 0.6) is 0 Å². The summed E-state index contributed by atoms with van der Waals surface area (Å²) in [5.74, 6) is 0.628. The van der Waals surface area contributed by atoms with E-state index in [0.29, 0.717) is 12.3 Å². The van der Waals surface area contributed by atoms with Gasteiger partial charge in [0.25, 0.3) is 0 Å². The first kappa shape index (κ1) is 18.5. The van der Waals surface area contributed by atoms with Crippen LogP contribution in [0, 0.1) is 0 Å². The molecule has 2 heteroatoms. The maximum absolute atomic E-state index is 12.8. The van der Waals surface area contributed by atoms with E-state index >= 15 is 0 Å². The molecule has 0 fully saturated rings. The van der Waals surface area contributed by atoms with Crippen molar-refractivity contribution in [1.82, 2.24) is 5.32 Å². The number of aryl methyl sites for hydroxylation is 1. The monoisotopic (exact) mass is 369 g/mol. The quantitative estimate of drug-likeness (QED) is 0.585. The number of hydrogen-bond donors (Lipinski definition) is 1. The standard InChI is InChI=1S/C26H27NO/c28-25(19-18-21-16-9-15-20-10-7-8-17-24(20)21)27-26(22-11-3-1-4-12-22)23-13-5-2-6-14-23/h1-8,10-14,17,21,26H,9,15-16,18-19H2,(H,27,28). The van der Waals surface area contributed by atoms with E-state index in [2.05, 4.69) is 53.8 Å². The highest BCUT2D eigenvalue weighted by Crippen LogP contribution is 2.34. The molecule has 1 amide bonds. The number of carbonyl (C=O) groups is 1. The Hall–Kier alpha value is -2.87. The van der Waals surface area contributed by atoms with Gasteiger partial charge in [0.15, 0.2) is 0 Å². The molecule has 2 nitrogen and oxygen atoms in total. The topological polar surface area (TPSA) is 29.1 Å². The van der Waals surface area contributed by atoms with Gasteiger partial charge in [0.2, 0.25) is 5.91 Å². The molecule has 0 radical (unpaired) electrons. The van der Waals surface area contributed by atoms with Gasteiger partial charge in [-0.15, -0.1) is 0 Å². The van der Waals surface area contributed by atoms with Crippen molar-refractivity contribution >= 4 is 5.91 Å². The van der Waals surface area contributed by atoms with Crippen LogP contribution in [0.3, 0.4) is 0 Å². The van der Waals surface area contributed by atoms with Crippen LogP contribution in [-0.4, -0.2) is 5.91 Å². The molecule has 0 bridgehead atoms. The third-order valence-corrected chi connectivity index (χ3v) is 5.78. The van der Waals surface area contributed by atoms with Crippen molar-refractivity contribution in [3.8, 4) is 0 Å². The molecule has 142 valence electrons. The van der Waals surface area contributed by atoms with Crippen LogP contribution in [0.15, 0.2) is 84.9 Å². The van der Waals surface area contributed by atoms with Crippen LogP contribution in [-0.2, 0) is 11.2 Å². The Labute approximate surface area is 167 Å². The highest BCUT2D eigenvalue weighted by molar-refractivity contribution is 5.77. The minimum absolute atomic E-state index is 0.103. The number of fused-ring (bicyclic) bond motifs is 1. The lowest BCUT2D eigenvalue weighted by atomic mass is 9.80. The van der Waals surface area contributed by atoms with Crippen molar-refractivity contribution in [3.63, 3.8) is 0 Å². The van der Waals surface area contributed by atoms with Gasteiger partial charge >= 0.3 is 0 Å². The van der Waals surface area contributed by atoms with Gasteiger partial charge in [0.05, 0.1) is 6.04 Å². The Kier molecular flexibility index (Phi) is 5.86. The molecule has 28 heavy (non-hydrogen) atoms. The molecule has 3 aromatic carbocycles.